The standard InChI is InChI=1S/C27H26ClN3O/c28-22-11-9-21(10-12-22)27(32)26-19-31(25-8-4-7-24-23(25)13-15-29-24)18-17-30(26)16-14-20-5-2-1-3-6-20/h1-13,15,26,29H,14,16-19H2/q+1. The van der Waals surface area contributed by atoms with E-state index in [2.05, 4.69) is 63.3 Å². The minimum absolute atomic E-state index is 0.153. The van der Waals surface area contributed by atoms with Crippen molar-refractivity contribution in [2.45, 2.75) is 12.5 Å². The smallest absolute Gasteiger partial charge is 0.190 e. The van der Waals surface area contributed by atoms with Crippen molar-refractivity contribution >= 4 is 34.0 Å². The first kappa shape index (κ1) is 21.0. The van der Waals surface area contributed by atoms with Crippen LogP contribution in [-0.2, 0) is 6.42 Å². The normalized spacial score (nSPS) is 17.6. The lowest BCUT2D eigenvalue weighted by Gasteiger charge is -2.35. The van der Waals surface area contributed by atoms with Crippen LogP contribution in [-0.4, -0.2) is 47.9 Å². The van der Waals surface area contributed by atoms with E-state index in [0.29, 0.717) is 17.1 Å². The number of aromatic nitrogens is 1. The lowest BCUT2D eigenvalue weighted by atomic mass is 9.99. The zero-order valence-electron chi connectivity index (χ0n) is 17.9. The number of hydrogen-bond acceptors (Lipinski definition) is 3. The molecule has 1 atom stereocenters. The molecule has 0 spiro atoms. The molecule has 4 aromatic rings. The summed E-state index contributed by atoms with van der Waals surface area (Å²) in [6, 6.07) is 26.0. The van der Waals surface area contributed by atoms with Crippen LogP contribution in [0.3, 0.4) is 0 Å². The number of ketones is 1. The number of piperazine rings is 1. The highest BCUT2D eigenvalue weighted by Gasteiger charge is 2.39. The fourth-order valence-corrected chi connectivity index (χ4v) is 4.75. The number of carbonyl (C=O) groups is 1. The van der Waals surface area contributed by atoms with Crippen molar-refractivity contribution in [3.8, 4) is 0 Å². The van der Waals surface area contributed by atoms with Gasteiger partial charge in [0.25, 0.3) is 0 Å². The highest BCUT2D eigenvalue weighted by Crippen LogP contribution is 2.28. The second kappa shape index (κ2) is 9.29. The third-order valence-corrected chi connectivity index (χ3v) is 6.62. The molecule has 0 bridgehead atoms. The fraction of sp³-hybridized carbons (Fsp3) is 0.222. The average molecular weight is 444 g/mol. The molecule has 4 nitrogen and oxygen atoms in total. The summed E-state index contributed by atoms with van der Waals surface area (Å²) >= 11 is 6.06. The Morgan fingerprint density at radius 3 is 2.62 bits per heavy atom. The van der Waals surface area contributed by atoms with Gasteiger partial charge in [-0.05, 0) is 48.4 Å². The molecule has 0 aliphatic carbocycles. The number of aromatic amines is 1. The third kappa shape index (κ3) is 4.35. The van der Waals surface area contributed by atoms with Crippen molar-refractivity contribution in [3.63, 3.8) is 0 Å². The van der Waals surface area contributed by atoms with Crippen LogP contribution in [0.15, 0.2) is 85.1 Å². The zero-order chi connectivity index (χ0) is 21.9. The number of carbonyl (C=O) groups excluding carboxylic acids is 1. The Morgan fingerprint density at radius 2 is 1.81 bits per heavy atom. The van der Waals surface area contributed by atoms with E-state index in [0.717, 1.165) is 31.6 Å². The van der Waals surface area contributed by atoms with Crippen LogP contribution in [0.5, 0.6) is 0 Å². The first-order valence-corrected chi connectivity index (χ1v) is 11.5. The van der Waals surface area contributed by atoms with Gasteiger partial charge in [-0.1, -0.05) is 48.0 Å². The number of halogens is 1. The predicted octanol–water partition coefficient (Wildman–Crippen LogP) is 5.40. The van der Waals surface area contributed by atoms with Crippen LogP contribution in [0.2, 0.25) is 5.02 Å². The van der Waals surface area contributed by atoms with Gasteiger partial charge >= 0.3 is 0 Å². The van der Waals surface area contributed by atoms with Gasteiger partial charge in [0.05, 0.1) is 17.4 Å². The molecule has 0 saturated carbocycles. The Labute approximate surface area is 193 Å². The molecular formula is C27H26ClN3O+. The highest BCUT2D eigenvalue weighted by atomic mass is 35.5. The van der Waals surface area contributed by atoms with Crippen LogP contribution < -0.4 is 4.90 Å². The molecule has 3 aromatic carbocycles. The highest BCUT2D eigenvalue weighted by molar-refractivity contribution is 6.30. The Hall–Kier alpha value is -2.92. The van der Waals surface area contributed by atoms with E-state index < -0.39 is 0 Å². The number of fused-ring (bicyclic) bond motifs is 1. The number of Topliss-reactive ketones (excluding diaryl/α,β-unsaturated/α-hetero) is 1. The summed E-state index contributed by atoms with van der Waals surface area (Å²) in [5.74, 6) is 0.153. The largest absolute Gasteiger partial charge is 0.361 e. The summed E-state index contributed by atoms with van der Waals surface area (Å²) in [6.45, 7) is 3.26. The molecule has 1 fully saturated rings. The lowest BCUT2D eigenvalue weighted by molar-refractivity contribution is 0.0738. The molecule has 1 radical (unpaired) electrons. The molecule has 5 heteroatoms. The van der Waals surface area contributed by atoms with E-state index in [1.54, 1.807) is 12.1 Å². The Balaban J connectivity index is 1.41. The van der Waals surface area contributed by atoms with Gasteiger partial charge < -0.3 is 4.98 Å². The molecule has 1 aromatic heterocycles. The molecule has 1 N–H and O–H groups in total. The summed E-state index contributed by atoms with van der Waals surface area (Å²) < 4.78 is 0. The van der Waals surface area contributed by atoms with E-state index in [9.17, 15) is 4.79 Å². The van der Waals surface area contributed by atoms with Crippen molar-refractivity contribution < 1.29 is 4.79 Å². The molecule has 32 heavy (non-hydrogen) atoms. The van der Waals surface area contributed by atoms with Crippen molar-refractivity contribution in [2.24, 2.45) is 0 Å². The molecule has 1 aliphatic heterocycles. The molecule has 161 valence electrons. The lowest BCUT2D eigenvalue weighted by Crippen LogP contribution is -2.57. The number of nitrogens with one attached hydrogen (secondary N) is 1. The van der Waals surface area contributed by atoms with Gasteiger partial charge in [-0.15, -0.1) is 4.90 Å². The Bertz CT molecular complexity index is 1200. The first-order chi connectivity index (χ1) is 15.7. The maximum atomic E-state index is 13.6. The Morgan fingerprint density at radius 1 is 1.00 bits per heavy atom. The fourth-order valence-electron chi connectivity index (χ4n) is 4.62. The first-order valence-electron chi connectivity index (χ1n) is 11.1. The van der Waals surface area contributed by atoms with Gasteiger partial charge in [-0.2, -0.15) is 0 Å². The van der Waals surface area contributed by atoms with Crippen molar-refractivity contribution in [1.82, 2.24) is 14.8 Å². The summed E-state index contributed by atoms with van der Waals surface area (Å²) in [7, 11) is 0. The SMILES string of the molecule is O=C(c1ccc(Cl)cc1)C1C[N+](c2cccc3[nH]ccc23)CCN1CCc1ccccc1. The van der Waals surface area contributed by atoms with E-state index in [1.165, 1.54) is 16.6 Å². The second-order valence-corrected chi connectivity index (χ2v) is 8.76. The van der Waals surface area contributed by atoms with Crippen molar-refractivity contribution in [2.75, 3.05) is 26.2 Å². The summed E-state index contributed by atoms with van der Waals surface area (Å²) in [4.78, 5) is 21.6. The predicted molar refractivity (Wildman–Crippen MR) is 131 cm³/mol. The molecular weight excluding hydrogens is 418 g/mol. The third-order valence-electron chi connectivity index (χ3n) is 6.37. The molecule has 1 saturated heterocycles. The van der Waals surface area contributed by atoms with E-state index in [-0.39, 0.29) is 11.8 Å². The maximum absolute atomic E-state index is 13.6. The van der Waals surface area contributed by atoms with Gasteiger partial charge in [0.15, 0.2) is 18.0 Å². The molecule has 1 aliphatic rings. The van der Waals surface area contributed by atoms with Crippen LogP contribution in [0, 0.1) is 0 Å². The summed E-state index contributed by atoms with van der Waals surface area (Å²) in [6.07, 6.45) is 2.90. The zero-order valence-corrected chi connectivity index (χ0v) is 18.6. The molecule has 2 heterocycles. The monoisotopic (exact) mass is 443 g/mol. The number of H-pyrrole nitrogens is 1. The summed E-state index contributed by atoms with van der Waals surface area (Å²) in [5.41, 5.74) is 4.31. The van der Waals surface area contributed by atoms with Gasteiger partial charge in [-0.3, -0.25) is 9.69 Å². The van der Waals surface area contributed by atoms with Crippen LogP contribution in [0.1, 0.15) is 15.9 Å². The number of anilines is 1. The van der Waals surface area contributed by atoms with Crippen LogP contribution >= 0.6 is 11.6 Å². The molecule has 0 amide bonds. The number of nitrogens with zero attached hydrogens (tertiary/aromatic N) is 2. The minimum atomic E-state index is -0.206. The summed E-state index contributed by atoms with van der Waals surface area (Å²) in [5, 5.41) is 1.84. The van der Waals surface area contributed by atoms with E-state index >= 15 is 0 Å². The van der Waals surface area contributed by atoms with E-state index in [4.69, 9.17) is 11.6 Å². The number of benzene rings is 3. The topological polar surface area (TPSA) is 42.0 Å². The van der Waals surface area contributed by atoms with Crippen molar-refractivity contribution in [3.05, 3.63) is 101 Å². The average Bonchev–Trinajstić information content (AvgIpc) is 3.32. The van der Waals surface area contributed by atoms with Crippen molar-refractivity contribution in [1.29, 1.82) is 0 Å². The van der Waals surface area contributed by atoms with Gasteiger partial charge in [0, 0.05) is 29.4 Å². The second-order valence-electron chi connectivity index (χ2n) is 8.32. The van der Waals surface area contributed by atoms with E-state index in [1.807, 2.05) is 24.4 Å². The quantitative estimate of drug-likeness (QED) is 0.320. The molecule has 5 rings (SSSR count). The van der Waals surface area contributed by atoms with Crippen LogP contribution in [0.4, 0.5) is 5.69 Å². The number of hydrogen-bond donors (Lipinski definition) is 1. The molecule has 1 unspecified atom stereocenters. The maximum Gasteiger partial charge on any atom is 0.190 e. The van der Waals surface area contributed by atoms with Gasteiger partial charge in [0.1, 0.15) is 12.6 Å². The number of rotatable bonds is 6. The van der Waals surface area contributed by atoms with Gasteiger partial charge in [-0.25, -0.2) is 0 Å². The van der Waals surface area contributed by atoms with Crippen LogP contribution in [0.25, 0.3) is 10.9 Å². The van der Waals surface area contributed by atoms with Gasteiger partial charge in [0.2, 0.25) is 0 Å². The Kier molecular flexibility index (Phi) is 6.08. The minimum Gasteiger partial charge on any atom is -0.361 e.